The van der Waals surface area contributed by atoms with E-state index in [1.807, 2.05) is 26.0 Å². The SMILES string of the molecule is CCOC(=O)CC(=O)COc1cc(C)c(Br)c(C)c1. The average Bonchev–Trinajstić information content (AvgIpc) is 2.33. The Morgan fingerprint density at radius 2 is 1.79 bits per heavy atom. The predicted molar refractivity (Wildman–Crippen MR) is 75.4 cm³/mol. The molecule has 0 N–H and O–H groups in total. The fraction of sp³-hybridized carbons (Fsp3) is 0.429. The lowest BCUT2D eigenvalue weighted by atomic mass is 10.1. The summed E-state index contributed by atoms with van der Waals surface area (Å²) in [4.78, 5) is 22.6. The summed E-state index contributed by atoms with van der Waals surface area (Å²) in [7, 11) is 0. The van der Waals surface area contributed by atoms with Crippen LogP contribution in [-0.2, 0) is 14.3 Å². The highest BCUT2D eigenvalue weighted by Crippen LogP contribution is 2.26. The molecule has 0 saturated heterocycles. The summed E-state index contributed by atoms with van der Waals surface area (Å²) in [6.45, 7) is 5.75. The lowest BCUT2D eigenvalue weighted by Crippen LogP contribution is -2.17. The molecular formula is C14H17BrO4. The van der Waals surface area contributed by atoms with Gasteiger partial charge in [-0.1, -0.05) is 15.9 Å². The molecule has 104 valence electrons. The molecule has 0 aliphatic heterocycles. The van der Waals surface area contributed by atoms with Gasteiger partial charge < -0.3 is 9.47 Å². The molecule has 0 aromatic heterocycles. The van der Waals surface area contributed by atoms with Crippen LogP contribution >= 0.6 is 15.9 Å². The van der Waals surface area contributed by atoms with Crippen LogP contribution in [0.15, 0.2) is 16.6 Å². The van der Waals surface area contributed by atoms with Crippen molar-refractivity contribution in [2.75, 3.05) is 13.2 Å². The van der Waals surface area contributed by atoms with E-state index in [4.69, 9.17) is 9.47 Å². The fourth-order valence-electron chi connectivity index (χ4n) is 1.58. The van der Waals surface area contributed by atoms with E-state index in [-0.39, 0.29) is 25.4 Å². The monoisotopic (exact) mass is 328 g/mol. The Balaban J connectivity index is 2.53. The van der Waals surface area contributed by atoms with Crippen LogP contribution in [0.25, 0.3) is 0 Å². The standard InChI is InChI=1S/C14H17BrO4/c1-4-18-13(17)7-11(16)8-19-12-5-9(2)14(15)10(3)6-12/h5-6H,4,7-8H2,1-3H3. The fourth-order valence-corrected chi connectivity index (χ4v) is 1.81. The molecule has 0 amide bonds. The summed E-state index contributed by atoms with van der Waals surface area (Å²) in [5, 5.41) is 0. The molecule has 0 aliphatic rings. The number of halogens is 1. The molecule has 5 heteroatoms. The lowest BCUT2D eigenvalue weighted by molar-refractivity contribution is -0.145. The van der Waals surface area contributed by atoms with E-state index in [0.717, 1.165) is 15.6 Å². The van der Waals surface area contributed by atoms with E-state index in [9.17, 15) is 9.59 Å². The number of esters is 1. The first kappa shape index (κ1) is 15.7. The molecule has 1 rings (SSSR count). The smallest absolute Gasteiger partial charge is 0.313 e. The van der Waals surface area contributed by atoms with Crippen molar-refractivity contribution < 1.29 is 19.1 Å². The number of benzene rings is 1. The van der Waals surface area contributed by atoms with Crippen LogP contribution in [-0.4, -0.2) is 25.0 Å². The maximum atomic E-state index is 11.5. The second-order valence-electron chi connectivity index (χ2n) is 4.18. The minimum Gasteiger partial charge on any atom is -0.486 e. The zero-order valence-corrected chi connectivity index (χ0v) is 12.9. The maximum absolute atomic E-state index is 11.5. The van der Waals surface area contributed by atoms with Crippen molar-refractivity contribution in [2.24, 2.45) is 0 Å². The highest BCUT2D eigenvalue weighted by molar-refractivity contribution is 9.10. The quantitative estimate of drug-likeness (QED) is 0.595. The summed E-state index contributed by atoms with van der Waals surface area (Å²) in [6.07, 6.45) is -0.248. The van der Waals surface area contributed by atoms with Gasteiger partial charge in [0.25, 0.3) is 0 Å². The van der Waals surface area contributed by atoms with Crippen LogP contribution in [0.3, 0.4) is 0 Å². The van der Waals surface area contributed by atoms with Gasteiger partial charge in [-0.2, -0.15) is 0 Å². The highest BCUT2D eigenvalue weighted by Gasteiger charge is 2.11. The van der Waals surface area contributed by atoms with Crippen LogP contribution in [0.5, 0.6) is 5.75 Å². The van der Waals surface area contributed by atoms with Crippen molar-refractivity contribution >= 4 is 27.7 Å². The summed E-state index contributed by atoms with van der Waals surface area (Å²) in [5.41, 5.74) is 2.07. The van der Waals surface area contributed by atoms with Gasteiger partial charge in [0, 0.05) is 4.47 Å². The number of carbonyl (C=O) groups excluding carboxylic acids is 2. The predicted octanol–water partition coefficient (Wildman–Crippen LogP) is 2.97. The topological polar surface area (TPSA) is 52.6 Å². The van der Waals surface area contributed by atoms with E-state index in [1.54, 1.807) is 6.92 Å². The normalized spacial score (nSPS) is 10.1. The molecule has 0 saturated carbocycles. The minimum absolute atomic E-state index is 0.126. The van der Waals surface area contributed by atoms with Gasteiger partial charge in [-0.25, -0.2) is 0 Å². The van der Waals surface area contributed by atoms with Crippen molar-refractivity contribution in [3.05, 3.63) is 27.7 Å². The van der Waals surface area contributed by atoms with Crippen molar-refractivity contribution in [3.63, 3.8) is 0 Å². The number of carbonyl (C=O) groups is 2. The summed E-state index contributed by atoms with van der Waals surface area (Å²) in [6, 6.07) is 3.68. The number of hydrogen-bond donors (Lipinski definition) is 0. The van der Waals surface area contributed by atoms with E-state index < -0.39 is 5.97 Å². The third kappa shape index (κ3) is 5.03. The molecule has 0 spiro atoms. The average molecular weight is 329 g/mol. The summed E-state index contributed by atoms with van der Waals surface area (Å²) >= 11 is 3.46. The largest absolute Gasteiger partial charge is 0.486 e. The second-order valence-corrected chi connectivity index (χ2v) is 4.97. The third-order valence-corrected chi connectivity index (χ3v) is 3.71. The van der Waals surface area contributed by atoms with Crippen LogP contribution in [0.4, 0.5) is 0 Å². The Labute approximate surface area is 121 Å². The van der Waals surface area contributed by atoms with Gasteiger partial charge >= 0.3 is 5.97 Å². The van der Waals surface area contributed by atoms with E-state index >= 15 is 0 Å². The number of hydrogen-bond acceptors (Lipinski definition) is 4. The Hall–Kier alpha value is -1.36. The molecule has 0 radical (unpaired) electrons. The van der Waals surface area contributed by atoms with Gasteiger partial charge in [0.05, 0.1) is 6.61 Å². The summed E-state index contributed by atoms with van der Waals surface area (Å²) in [5.74, 6) is -0.189. The first-order valence-electron chi connectivity index (χ1n) is 6.01. The summed E-state index contributed by atoms with van der Waals surface area (Å²) < 4.78 is 11.1. The van der Waals surface area contributed by atoms with Crippen molar-refractivity contribution in [2.45, 2.75) is 27.2 Å². The molecule has 19 heavy (non-hydrogen) atoms. The zero-order chi connectivity index (χ0) is 14.4. The third-order valence-electron chi connectivity index (χ3n) is 2.46. The van der Waals surface area contributed by atoms with E-state index in [1.165, 1.54) is 0 Å². The molecular weight excluding hydrogens is 312 g/mol. The van der Waals surface area contributed by atoms with Crippen molar-refractivity contribution in [1.82, 2.24) is 0 Å². The van der Waals surface area contributed by atoms with Gasteiger partial charge in [-0.15, -0.1) is 0 Å². The molecule has 0 bridgehead atoms. The van der Waals surface area contributed by atoms with E-state index in [2.05, 4.69) is 15.9 Å². The van der Waals surface area contributed by atoms with Crippen LogP contribution in [0.2, 0.25) is 0 Å². The Bertz CT molecular complexity index is 459. The number of ether oxygens (including phenoxy) is 2. The number of rotatable bonds is 6. The van der Waals surface area contributed by atoms with Gasteiger partial charge in [0.2, 0.25) is 0 Å². The molecule has 0 unspecified atom stereocenters. The Kier molecular flexibility index (Phi) is 6.02. The zero-order valence-electron chi connectivity index (χ0n) is 11.3. The Morgan fingerprint density at radius 3 is 2.32 bits per heavy atom. The molecule has 1 aromatic carbocycles. The van der Waals surface area contributed by atoms with Gasteiger partial charge in [-0.3, -0.25) is 9.59 Å². The Morgan fingerprint density at radius 1 is 1.21 bits per heavy atom. The number of ketones is 1. The van der Waals surface area contributed by atoms with Crippen LogP contribution in [0.1, 0.15) is 24.5 Å². The van der Waals surface area contributed by atoms with Crippen LogP contribution in [0, 0.1) is 13.8 Å². The molecule has 0 aliphatic carbocycles. The van der Waals surface area contributed by atoms with Gasteiger partial charge in [0.15, 0.2) is 5.78 Å². The molecule has 0 fully saturated rings. The first-order valence-corrected chi connectivity index (χ1v) is 6.80. The molecule has 0 heterocycles. The first-order chi connectivity index (χ1) is 8.93. The van der Waals surface area contributed by atoms with Crippen molar-refractivity contribution in [1.29, 1.82) is 0 Å². The second kappa shape index (κ2) is 7.28. The molecule has 4 nitrogen and oxygen atoms in total. The van der Waals surface area contributed by atoms with Gasteiger partial charge in [-0.05, 0) is 44.0 Å². The maximum Gasteiger partial charge on any atom is 0.313 e. The minimum atomic E-state index is -0.515. The number of aryl methyl sites for hydroxylation is 2. The number of Topliss-reactive ketones (excluding diaryl/α,β-unsaturated/α-hetero) is 1. The van der Waals surface area contributed by atoms with Crippen LogP contribution < -0.4 is 4.74 Å². The lowest BCUT2D eigenvalue weighted by Gasteiger charge is -2.09. The molecule has 1 aromatic rings. The van der Waals surface area contributed by atoms with E-state index in [0.29, 0.717) is 5.75 Å². The van der Waals surface area contributed by atoms with Gasteiger partial charge in [0.1, 0.15) is 18.8 Å². The molecule has 0 atom stereocenters. The highest BCUT2D eigenvalue weighted by atomic mass is 79.9. The van der Waals surface area contributed by atoms with Crippen molar-refractivity contribution in [3.8, 4) is 5.75 Å².